The first-order valence-electron chi connectivity index (χ1n) is 4.76. The van der Waals surface area contributed by atoms with E-state index in [9.17, 15) is 19.4 Å². The van der Waals surface area contributed by atoms with Crippen molar-refractivity contribution in [1.29, 1.82) is 0 Å². The molecule has 1 aliphatic heterocycles. The van der Waals surface area contributed by atoms with Crippen LogP contribution in [0, 0.1) is 5.82 Å². The summed E-state index contributed by atoms with van der Waals surface area (Å²) in [6.07, 6.45) is -2.47. The lowest BCUT2D eigenvalue weighted by Crippen LogP contribution is -2.35. The summed E-state index contributed by atoms with van der Waals surface area (Å²) in [7, 11) is 0. The largest absolute Gasteiger partial charge is 0.388 e. The van der Waals surface area contributed by atoms with Gasteiger partial charge in [0.15, 0.2) is 12.0 Å². The van der Waals surface area contributed by atoms with Gasteiger partial charge in [0.1, 0.15) is 12.2 Å². The normalized spacial score (nSPS) is 34.2. The molecule has 0 bridgehead atoms. The van der Waals surface area contributed by atoms with E-state index >= 15 is 0 Å². The molecule has 0 spiro atoms. The smallest absolute Gasteiger partial charge is 0.349 e. The van der Waals surface area contributed by atoms with Crippen molar-refractivity contribution in [1.82, 2.24) is 9.55 Å². The SMILES string of the molecule is CC1OC(n2cc(F)cnc2=O)C(O)C1O. The first-order chi connectivity index (χ1) is 7.50. The summed E-state index contributed by atoms with van der Waals surface area (Å²) < 4.78 is 18.9. The Hall–Kier alpha value is -1.31. The minimum absolute atomic E-state index is 0.629. The molecule has 2 N–H and O–H groups in total. The van der Waals surface area contributed by atoms with Crippen molar-refractivity contribution in [2.24, 2.45) is 0 Å². The zero-order valence-corrected chi connectivity index (χ0v) is 8.45. The molecule has 1 aliphatic rings. The summed E-state index contributed by atoms with van der Waals surface area (Å²) >= 11 is 0. The van der Waals surface area contributed by atoms with E-state index in [2.05, 4.69) is 4.98 Å². The Morgan fingerprint density at radius 2 is 2.19 bits per heavy atom. The lowest BCUT2D eigenvalue weighted by molar-refractivity contribution is -0.0355. The summed E-state index contributed by atoms with van der Waals surface area (Å²) in [6, 6.07) is 0. The van der Waals surface area contributed by atoms with Crippen molar-refractivity contribution >= 4 is 0 Å². The van der Waals surface area contributed by atoms with Gasteiger partial charge in [-0.05, 0) is 6.92 Å². The van der Waals surface area contributed by atoms with Gasteiger partial charge in [-0.25, -0.2) is 9.18 Å². The van der Waals surface area contributed by atoms with Gasteiger partial charge in [0.05, 0.1) is 12.3 Å². The van der Waals surface area contributed by atoms with E-state index in [4.69, 9.17) is 4.74 Å². The number of halogens is 1. The van der Waals surface area contributed by atoms with E-state index in [1.165, 1.54) is 0 Å². The molecule has 1 fully saturated rings. The molecule has 16 heavy (non-hydrogen) atoms. The minimum atomic E-state index is -1.28. The molecular formula is C9H11FN2O4. The average molecular weight is 230 g/mol. The van der Waals surface area contributed by atoms with Crippen LogP contribution in [0.5, 0.6) is 0 Å². The van der Waals surface area contributed by atoms with Gasteiger partial charge in [0.25, 0.3) is 0 Å². The molecule has 6 nitrogen and oxygen atoms in total. The van der Waals surface area contributed by atoms with Crippen molar-refractivity contribution < 1.29 is 19.3 Å². The van der Waals surface area contributed by atoms with Gasteiger partial charge in [-0.15, -0.1) is 0 Å². The average Bonchev–Trinajstić information content (AvgIpc) is 2.50. The number of aromatic nitrogens is 2. The molecule has 0 saturated carbocycles. The third-order valence-corrected chi connectivity index (χ3v) is 2.53. The molecule has 0 amide bonds. The van der Waals surface area contributed by atoms with Crippen molar-refractivity contribution in [3.63, 3.8) is 0 Å². The van der Waals surface area contributed by atoms with Crippen molar-refractivity contribution in [2.75, 3.05) is 0 Å². The second-order valence-electron chi connectivity index (χ2n) is 3.67. The van der Waals surface area contributed by atoms with Crippen LogP contribution in [0.2, 0.25) is 0 Å². The lowest BCUT2D eigenvalue weighted by atomic mass is 10.1. The van der Waals surface area contributed by atoms with Gasteiger partial charge in [0, 0.05) is 6.20 Å². The van der Waals surface area contributed by atoms with E-state index in [1.807, 2.05) is 0 Å². The van der Waals surface area contributed by atoms with Crippen LogP contribution in [0.1, 0.15) is 13.2 Å². The summed E-state index contributed by atoms with van der Waals surface area (Å²) in [5.41, 5.74) is -0.744. The standard InChI is InChI=1S/C9H11FN2O4/c1-4-6(13)7(14)8(16-4)12-3-5(10)2-11-9(12)15/h2-4,6-8,13-14H,1H3. The number of rotatable bonds is 1. The van der Waals surface area contributed by atoms with E-state index in [-0.39, 0.29) is 0 Å². The maximum Gasteiger partial charge on any atom is 0.349 e. The van der Waals surface area contributed by atoms with Crippen molar-refractivity contribution in [2.45, 2.75) is 31.5 Å². The highest BCUT2D eigenvalue weighted by Gasteiger charge is 2.41. The Kier molecular flexibility index (Phi) is 2.75. The molecule has 0 aromatic carbocycles. The number of hydrogen-bond acceptors (Lipinski definition) is 5. The molecule has 4 atom stereocenters. The molecule has 88 valence electrons. The molecule has 4 unspecified atom stereocenters. The van der Waals surface area contributed by atoms with Crippen molar-refractivity contribution in [3.05, 3.63) is 28.7 Å². The Bertz CT molecular complexity index is 449. The first-order valence-corrected chi connectivity index (χ1v) is 4.76. The summed E-state index contributed by atoms with van der Waals surface area (Å²) in [4.78, 5) is 14.6. The minimum Gasteiger partial charge on any atom is -0.388 e. The fourth-order valence-corrected chi connectivity index (χ4v) is 1.64. The fraction of sp³-hybridized carbons (Fsp3) is 0.556. The predicted octanol–water partition coefficient (Wildman–Crippen LogP) is -0.979. The van der Waals surface area contributed by atoms with Crippen LogP contribution in [-0.2, 0) is 4.74 Å². The Morgan fingerprint density at radius 1 is 1.50 bits per heavy atom. The summed E-state index contributed by atoms with van der Waals surface area (Å²) in [5, 5.41) is 19.1. The fourth-order valence-electron chi connectivity index (χ4n) is 1.64. The molecule has 0 aliphatic carbocycles. The van der Waals surface area contributed by atoms with Crippen LogP contribution in [-0.4, -0.2) is 38.1 Å². The highest BCUT2D eigenvalue weighted by atomic mass is 19.1. The molecule has 1 saturated heterocycles. The number of hydrogen-bond donors (Lipinski definition) is 2. The summed E-state index contributed by atoms with van der Waals surface area (Å²) in [5.74, 6) is -0.718. The van der Waals surface area contributed by atoms with Crippen LogP contribution in [0.15, 0.2) is 17.2 Å². The highest BCUT2D eigenvalue weighted by molar-refractivity contribution is 4.93. The second kappa shape index (κ2) is 3.93. The molecule has 1 aromatic heterocycles. The van der Waals surface area contributed by atoms with E-state index < -0.39 is 36.0 Å². The van der Waals surface area contributed by atoms with Crippen LogP contribution in [0.4, 0.5) is 4.39 Å². The summed E-state index contributed by atoms with van der Waals surface area (Å²) in [6.45, 7) is 1.55. The molecule has 2 heterocycles. The number of nitrogens with zero attached hydrogens (tertiary/aromatic N) is 2. The molecule has 0 radical (unpaired) electrons. The van der Waals surface area contributed by atoms with Crippen molar-refractivity contribution in [3.8, 4) is 0 Å². The van der Waals surface area contributed by atoms with Gasteiger partial charge in [-0.2, -0.15) is 4.98 Å². The topological polar surface area (TPSA) is 84.6 Å². The molecular weight excluding hydrogens is 219 g/mol. The van der Waals surface area contributed by atoms with Gasteiger partial charge in [-0.3, -0.25) is 4.57 Å². The highest BCUT2D eigenvalue weighted by Crippen LogP contribution is 2.27. The molecule has 2 rings (SSSR count). The number of aliphatic hydroxyl groups excluding tert-OH is 2. The zero-order chi connectivity index (χ0) is 11.9. The molecule has 1 aromatic rings. The Morgan fingerprint density at radius 3 is 2.75 bits per heavy atom. The second-order valence-corrected chi connectivity index (χ2v) is 3.67. The van der Waals surface area contributed by atoms with Gasteiger partial charge in [0.2, 0.25) is 0 Å². The maximum absolute atomic E-state index is 12.9. The quantitative estimate of drug-likeness (QED) is 0.648. The van der Waals surface area contributed by atoms with E-state index in [0.717, 1.165) is 17.0 Å². The Labute approximate surface area is 89.9 Å². The van der Waals surface area contributed by atoms with Gasteiger partial charge >= 0.3 is 5.69 Å². The zero-order valence-electron chi connectivity index (χ0n) is 8.45. The third-order valence-electron chi connectivity index (χ3n) is 2.53. The van der Waals surface area contributed by atoms with Crippen LogP contribution < -0.4 is 5.69 Å². The first kappa shape index (κ1) is 11.2. The monoisotopic (exact) mass is 230 g/mol. The predicted molar refractivity (Wildman–Crippen MR) is 50.1 cm³/mol. The van der Waals surface area contributed by atoms with Crippen LogP contribution in [0.3, 0.4) is 0 Å². The maximum atomic E-state index is 12.9. The van der Waals surface area contributed by atoms with E-state index in [0.29, 0.717) is 0 Å². The lowest BCUT2D eigenvalue weighted by Gasteiger charge is -2.16. The molecule has 7 heteroatoms. The number of aliphatic hydroxyl groups is 2. The Balaban J connectivity index is 2.38. The number of ether oxygens (including phenoxy) is 1. The van der Waals surface area contributed by atoms with E-state index in [1.54, 1.807) is 6.92 Å². The third kappa shape index (κ3) is 1.73. The van der Waals surface area contributed by atoms with Gasteiger partial charge < -0.3 is 14.9 Å². The van der Waals surface area contributed by atoms with Gasteiger partial charge in [-0.1, -0.05) is 0 Å². The van der Waals surface area contributed by atoms with Crippen LogP contribution in [0.25, 0.3) is 0 Å². The van der Waals surface area contributed by atoms with Crippen LogP contribution >= 0.6 is 0 Å².